The number of halogens is 1. The molecule has 0 saturated heterocycles. The Labute approximate surface area is 135 Å². The minimum absolute atomic E-state index is 0.0705. The monoisotopic (exact) mass is 321 g/mol. The Hall–Kier alpha value is -2.55. The molecule has 0 aliphatic carbocycles. The molecular weight excluding hydrogens is 301 g/mol. The van der Waals surface area contributed by atoms with Gasteiger partial charge in [-0.25, -0.2) is 14.0 Å². The lowest BCUT2D eigenvalue weighted by Gasteiger charge is -2.18. The van der Waals surface area contributed by atoms with Crippen molar-refractivity contribution in [1.29, 1.82) is 0 Å². The Kier molecular flexibility index (Phi) is 6.58. The van der Waals surface area contributed by atoms with Gasteiger partial charge in [-0.1, -0.05) is 11.8 Å². The molecule has 0 unspecified atom stereocenters. The number of alkyl carbamates (subject to hydrolysis) is 1. The fraction of sp³-hybridized carbons (Fsp3) is 0.412. The fourth-order valence-electron chi connectivity index (χ4n) is 1.55. The molecule has 0 radical (unpaired) electrons. The molecule has 1 aromatic rings. The van der Waals surface area contributed by atoms with Crippen molar-refractivity contribution in [3.05, 3.63) is 35.1 Å². The van der Waals surface area contributed by atoms with Gasteiger partial charge < -0.3 is 14.8 Å². The maximum absolute atomic E-state index is 13.6. The van der Waals surface area contributed by atoms with Crippen LogP contribution in [0.5, 0.6) is 0 Å². The first-order valence-corrected chi connectivity index (χ1v) is 7.15. The van der Waals surface area contributed by atoms with Gasteiger partial charge in [-0.05, 0) is 45.9 Å². The van der Waals surface area contributed by atoms with E-state index in [4.69, 9.17) is 9.47 Å². The number of carbonyl (C=O) groups is 2. The van der Waals surface area contributed by atoms with Crippen molar-refractivity contribution in [2.24, 2.45) is 0 Å². The molecular formula is C17H20FNO4. The summed E-state index contributed by atoms with van der Waals surface area (Å²) in [6.45, 7) is 7.14. The largest absolute Gasteiger partial charge is 0.462 e. The van der Waals surface area contributed by atoms with E-state index in [1.165, 1.54) is 12.1 Å². The van der Waals surface area contributed by atoms with Crippen LogP contribution in [0, 0.1) is 17.7 Å². The van der Waals surface area contributed by atoms with Gasteiger partial charge in [0.15, 0.2) is 0 Å². The van der Waals surface area contributed by atoms with Crippen LogP contribution in [0.3, 0.4) is 0 Å². The maximum atomic E-state index is 13.6. The first-order valence-electron chi connectivity index (χ1n) is 7.15. The molecule has 124 valence electrons. The highest BCUT2D eigenvalue weighted by Crippen LogP contribution is 2.11. The van der Waals surface area contributed by atoms with Gasteiger partial charge >= 0.3 is 12.1 Å². The Morgan fingerprint density at radius 2 is 2.00 bits per heavy atom. The van der Waals surface area contributed by atoms with Gasteiger partial charge in [0.05, 0.1) is 18.7 Å². The number of benzene rings is 1. The maximum Gasteiger partial charge on any atom is 0.408 e. The molecule has 0 bridgehead atoms. The summed E-state index contributed by atoms with van der Waals surface area (Å²) < 4.78 is 23.4. The summed E-state index contributed by atoms with van der Waals surface area (Å²) in [5.74, 6) is 4.03. The van der Waals surface area contributed by atoms with Crippen molar-refractivity contribution in [3.8, 4) is 11.8 Å². The second-order valence-electron chi connectivity index (χ2n) is 5.57. The summed E-state index contributed by atoms with van der Waals surface area (Å²) in [7, 11) is 0. The number of hydrogen-bond acceptors (Lipinski definition) is 4. The van der Waals surface area contributed by atoms with E-state index in [9.17, 15) is 14.0 Å². The summed E-state index contributed by atoms with van der Waals surface area (Å²) in [6.07, 6.45) is -0.571. The average molecular weight is 321 g/mol. The van der Waals surface area contributed by atoms with Crippen LogP contribution in [0.25, 0.3) is 0 Å². The second kappa shape index (κ2) is 8.18. The van der Waals surface area contributed by atoms with Gasteiger partial charge in [-0.15, -0.1) is 0 Å². The van der Waals surface area contributed by atoms with Crippen LogP contribution in [0.1, 0.15) is 43.6 Å². The van der Waals surface area contributed by atoms with Gasteiger partial charge in [-0.3, -0.25) is 0 Å². The lowest BCUT2D eigenvalue weighted by molar-refractivity contribution is 0.0515. The zero-order valence-corrected chi connectivity index (χ0v) is 13.7. The van der Waals surface area contributed by atoms with E-state index < -0.39 is 23.5 Å². The molecule has 6 heteroatoms. The van der Waals surface area contributed by atoms with Crippen LogP contribution in [0.15, 0.2) is 18.2 Å². The van der Waals surface area contributed by atoms with E-state index in [1.807, 2.05) is 0 Å². The van der Waals surface area contributed by atoms with E-state index in [0.29, 0.717) is 5.56 Å². The molecule has 0 aliphatic heterocycles. The predicted octanol–water partition coefficient (Wildman–Crippen LogP) is 2.88. The Morgan fingerprint density at radius 3 is 2.61 bits per heavy atom. The fourth-order valence-corrected chi connectivity index (χ4v) is 1.55. The van der Waals surface area contributed by atoms with Crippen LogP contribution in [-0.4, -0.2) is 30.8 Å². The predicted molar refractivity (Wildman–Crippen MR) is 83.5 cm³/mol. The second-order valence-corrected chi connectivity index (χ2v) is 5.57. The number of rotatable bonds is 3. The number of carbonyl (C=O) groups excluding carboxylic acids is 2. The molecule has 5 nitrogen and oxygen atoms in total. The highest BCUT2D eigenvalue weighted by Gasteiger charge is 2.15. The standard InChI is InChI=1S/C17H20FNO4/c1-5-22-15(20)13-11-12(8-9-14(13)18)7-6-10-19-16(21)23-17(2,3)4/h8-9,11H,5,10H2,1-4H3,(H,19,21). The quantitative estimate of drug-likeness (QED) is 0.687. The van der Waals surface area contributed by atoms with E-state index >= 15 is 0 Å². The van der Waals surface area contributed by atoms with Gasteiger partial charge in [0.25, 0.3) is 0 Å². The molecule has 0 aliphatic rings. The van der Waals surface area contributed by atoms with Crippen molar-refractivity contribution < 1.29 is 23.5 Å². The van der Waals surface area contributed by atoms with Crippen LogP contribution < -0.4 is 5.32 Å². The lowest BCUT2D eigenvalue weighted by atomic mass is 10.1. The molecule has 0 spiro atoms. The minimum atomic E-state index is -0.736. The number of nitrogens with one attached hydrogen (secondary N) is 1. The zero-order chi connectivity index (χ0) is 17.5. The number of esters is 1. The summed E-state index contributed by atoms with van der Waals surface area (Å²) >= 11 is 0. The third-order valence-electron chi connectivity index (χ3n) is 2.41. The van der Waals surface area contributed by atoms with E-state index in [2.05, 4.69) is 17.2 Å². The zero-order valence-electron chi connectivity index (χ0n) is 13.7. The first kappa shape index (κ1) is 18.5. The Morgan fingerprint density at radius 1 is 1.30 bits per heavy atom. The molecule has 0 atom stereocenters. The summed E-state index contributed by atoms with van der Waals surface area (Å²) in [5, 5.41) is 2.48. The van der Waals surface area contributed by atoms with E-state index in [-0.39, 0.29) is 18.7 Å². The molecule has 1 aromatic carbocycles. The van der Waals surface area contributed by atoms with Crippen molar-refractivity contribution in [2.45, 2.75) is 33.3 Å². The summed E-state index contributed by atoms with van der Waals surface area (Å²) in [5.41, 5.74) is -0.303. The third kappa shape index (κ3) is 6.83. The lowest BCUT2D eigenvalue weighted by Crippen LogP contribution is -2.32. The molecule has 23 heavy (non-hydrogen) atoms. The van der Waals surface area contributed by atoms with Gasteiger partial charge in [0, 0.05) is 5.56 Å². The van der Waals surface area contributed by atoms with Crippen LogP contribution in [0.4, 0.5) is 9.18 Å². The Bertz CT molecular complexity index is 638. The van der Waals surface area contributed by atoms with Crippen molar-refractivity contribution in [1.82, 2.24) is 5.32 Å². The van der Waals surface area contributed by atoms with Crippen LogP contribution in [-0.2, 0) is 9.47 Å². The molecule has 0 saturated carbocycles. The van der Waals surface area contributed by atoms with Crippen LogP contribution in [0.2, 0.25) is 0 Å². The molecule has 1 amide bonds. The van der Waals surface area contributed by atoms with Crippen LogP contribution >= 0.6 is 0 Å². The van der Waals surface area contributed by atoms with Gasteiger partial charge in [-0.2, -0.15) is 0 Å². The summed E-state index contributed by atoms with van der Waals surface area (Å²) in [4.78, 5) is 23.0. The normalized spacial score (nSPS) is 10.3. The minimum Gasteiger partial charge on any atom is -0.462 e. The van der Waals surface area contributed by atoms with Crippen molar-refractivity contribution >= 4 is 12.1 Å². The smallest absolute Gasteiger partial charge is 0.408 e. The van der Waals surface area contributed by atoms with Crippen molar-refractivity contribution in [2.75, 3.05) is 13.2 Å². The average Bonchev–Trinajstić information content (AvgIpc) is 2.43. The molecule has 0 aromatic heterocycles. The summed E-state index contributed by atoms with van der Waals surface area (Å²) in [6, 6.07) is 3.91. The number of ether oxygens (including phenoxy) is 2. The van der Waals surface area contributed by atoms with Gasteiger partial charge in [0.2, 0.25) is 0 Å². The molecule has 0 heterocycles. The highest BCUT2D eigenvalue weighted by atomic mass is 19.1. The topological polar surface area (TPSA) is 64.6 Å². The molecule has 1 N–H and O–H groups in total. The number of amides is 1. The molecule has 1 rings (SSSR count). The van der Waals surface area contributed by atoms with Gasteiger partial charge in [0.1, 0.15) is 11.4 Å². The van der Waals surface area contributed by atoms with E-state index in [1.54, 1.807) is 27.7 Å². The number of hydrogen-bond donors (Lipinski definition) is 1. The Balaban J connectivity index is 2.67. The SMILES string of the molecule is CCOC(=O)c1cc(C#CCNC(=O)OC(C)(C)C)ccc1F. The first-order chi connectivity index (χ1) is 10.7. The highest BCUT2D eigenvalue weighted by molar-refractivity contribution is 5.90. The van der Waals surface area contributed by atoms with E-state index in [0.717, 1.165) is 6.07 Å². The third-order valence-corrected chi connectivity index (χ3v) is 2.41. The van der Waals surface area contributed by atoms with Crippen molar-refractivity contribution in [3.63, 3.8) is 0 Å². The molecule has 0 fully saturated rings.